The minimum atomic E-state index is -0.856. The van der Waals surface area contributed by atoms with Gasteiger partial charge in [-0.1, -0.05) is 83.6 Å². The summed E-state index contributed by atoms with van der Waals surface area (Å²) in [6, 6.07) is 19.1. The molecule has 0 aliphatic carbocycles. The number of aliphatic hydroxyl groups is 1. The van der Waals surface area contributed by atoms with E-state index in [9.17, 15) is 29.1 Å². The SMILES string of the molecule is Cc1ncsc1-c1ccc(CNC(=O)[C@@H]2C[C@@H](O)CN2C(=O)[C@@H](NC(=O)CCCCCCCCCCNC(=O)c2ccc(C(=O)Nc3ccc4[nH]c(CN5CCC[C@@H]5C)nc4c3)cc2)C(C)(C)C)cc1. The lowest BCUT2D eigenvalue weighted by Crippen LogP contribution is -2.57. The number of β-amino-alcohol motifs (C(OH)–C–C–N with tert-alkyl or cyclic N) is 1. The van der Waals surface area contributed by atoms with E-state index in [1.807, 2.05) is 75.7 Å². The van der Waals surface area contributed by atoms with Crippen molar-refractivity contribution in [2.24, 2.45) is 5.41 Å². The van der Waals surface area contributed by atoms with Gasteiger partial charge in [-0.15, -0.1) is 11.3 Å². The molecule has 4 heterocycles. The molecule has 16 heteroatoms. The number of aromatic amines is 1. The Morgan fingerprint density at radius 1 is 0.871 bits per heavy atom. The first-order chi connectivity index (χ1) is 33.6. The molecule has 2 aliphatic heterocycles. The molecule has 5 aromatic rings. The molecule has 6 N–H and O–H groups in total. The lowest BCUT2D eigenvalue weighted by molar-refractivity contribution is -0.144. The Hall–Kier alpha value is -5.97. The third-order valence-corrected chi connectivity index (χ3v) is 14.5. The highest BCUT2D eigenvalue weighted by molar-refractivity contribution is 7.13. The van der Waals surface area contributed by atoms with Crippen LogP contribution in [0.1, 0.15) is 143 Å². The number of hydrogen-bond acceptors (Lipinski definition) is 10. The Morgan fingerprint density at radius 3 is 2.21 bits per heavy atom. The molecule has 2 saturated heterocycles. The van der Waals surface area contributed by atoms with Gasteiger partial charge >= 0.3 is 0 Å². The van der Waals surface area contributed by atoms with E-state index in [1.165, 1.54) is 17.7 Å². The second-order valence-corrected chi connectivity index (χ2v) is 21.0. The van der Waals surface area contributed by atoms with Crippen molar-refractivity contribution in [3.63, 3.8) is 0 Å². The summed E-state index contributed by atoms with van der Waals surface area (Å²) in [5.41, 5.74) is 7.51. The number of nitrogens with one attached hydrogen (secondary N) is 5. The molecule has 15 nitrogen and oxygen atoms in total. The molecule has 4 atom stereocenters. The zero-order valence-electron chi connectivity index (χ0n) is 41.4. The number of benzene rings is 3. The van der Waals surface area contributed by atoms with Crippen molar-refractivity contribution in [2.45, 2.75) is 149 Å². The van der Waals surface area contributed by atoms with Crippen LogP contribution < -0.4 is 21.3 Å². The summed E-state index contributed by atoms with van der Waals surface area (Å²) in [7, 11) is 0. The predicted octanol–water partition coefficient (Wildman–Crippen LogP) is 8.28. The quantitative estimate of drug-likeness (QED) is 0.0369. The number of aromatic nitrogens is 3. The number of imidazole rings is 1. The Bertz CT molecular complexity index is 2570. The van der Waals surface area contributed by atoms with Crippen LogP contribution in [0.15, 0.2) is 72.2 Å². The largest absolute Gasteiger partial charge is 0.391 e. The van der Waals surface area contributed by atoms with Gasteiger partial charge in [-0.2, -0.15) is 0 Å². The second kappa shape index (κ2) is 24.2. The number of H-pyrrole nitrogens is 1. The van der Waals surface area contributed by atoms with E-state index in [1.54, 1.807) is 35.6 Å². The van der Waals surface area contributed by atoms with Crippen LogP contribution in [0.4, 0.5) is 5.69 Å². The first-order valence-corrected chi connectivity index (χ1v) is 26.0. The van der Waals surface area contributed by atoms with Gasteiger partial charge in [-0.3, -0.25) is 28.9 Å². The predicted molar refractivity (Wildman–Crippen MR) is 275 cm³/mol. The molecule has 3 aromatic carbocycles. The van der Waals surface area contributed by atoms with Crippen molar-refractivity contribution in [2.75, 3.05) is 25.0 Å². The van der Waals surface area contributed by atoms with Gasteiger partial charge in [0, 0.05) is 55.3 Å². The maximum atomic E-state index is 14.0. The first kappa shape index (κ1) is 51.9. The summed E-state index contributed by atoms with van der Waals surface area (Å²) < 4.78 is 0. The molecular formula is C54H71N9O6S. The monoisotopic (exact) mass is 974 g/mol. The van der Waals surface area contributed by atoms with Gasteiger partial charge in [0.25, 0.3) is 11.8 Å². The van der Waals surface area contributed by atoms with Crippen LogP contribution in [-0.4, -0.2) is 103 Å². The van der Waals surface area contributed by atoms with Crippen LogP contribution in [0.5, 0.6) is 0 Å². The van der Waals surface area contributed by atoms with Gasteiger partial charge in [0.05, 0.1) is 39.8 Å². The number of carbonyl (C=O) groups excluding carboxylic acids is 5. The topological polar surface area (TPSA) is 202 Å². The van der Waals surface area contributed by atoms with Gasteiger partial charge in [-0.05, 0) is 105 Å². The van der Waals surface area contributed by atoms with Crippen LogP contribution in [0.25, 0.3) is 21.5 Å². The number of rotatable bonds is 22. The van der Waals surface area contributed by atoms with E-state index in [4.69, 9.17) is 4.98 Å². The molecule has 0 spiro atoms. The maximum absolute atomic E-state index is 14.0. The van der Waals surface area contributed by atoms with E-state index in [0.717, 1.165) is 96.6 Å². The summed E-state index contributed by atoms with van der Waals surface area (Å²) >= 11 is 1.58. The lowest BCUT2D eigenvalue weighted by atomic mass is 9.85. The van der Waals surface area contributed by atoms with Gasteiger partial charge in [0.2, 0.25) is 17.7 Å². The van der Waals surface area contributed by atoms with Gasteiger partial charge in [0.1, 0.15) is 17.9 Å². The molecule has 0 saturated carbocycles. The molecule has 70 heavy (non-hydrogen) atoms. The van der Waals surface area contributed by atoms with Gasteiger partial charge < -0.3 is 36.3 Å². The van der Waals surface area contributed by atoms with Crippen LogP contribution in [0.3, 0.4) is 0 Å². The average Bonchev–Trinajstić information content (AvgIpc) is 4.15. The second-order valence-electron chi connectivity index (χ2n) is 20.2. The number of amides is 5. The highest BCUT2D eigenvalue weighted by Crippen LogP contribution is 2.29. The number of anilines is 1. The Kier molecular flexibility index (Phi) is 18.0. The fourth-order valence-corrected chi connectivity index (χ4v) is 10.2. The van der Waals surface area contributed by atoms with Crippen LogP contribution in [0.2, 0.25) is 0 Å². The lowest BCUT2D eigenvalue weighted by Gasteiger charge is -2.35. The summed E-state index contributed by atoms with van der Waals surface area (Å²) in [6.45, 7) is 12.6. The van der Waals surface area contributed by atoms with Crippen LogP contribution >= 0.6 is 11.3 Å². The smallest absolute Gasteiger partial charge is 0.255 e. The van der Waals surface area contributed by atoms with Crippen LogP contribution in [-0.2, 0) is 27.5 Å². The van der Waals surface area contributed by atoms with E-state index in [2.05, 4.69) is 43.1 Å². The molecule has 0 bridgehead atoms. The van der Waals surface area contributed by atoms with Crippen molar-refractivity contribution in [1.82, 2.24) is 40.7 Å². The average molecular weight is 974 g/mol. The zero-order valence-corrected chi connectivity index (χ0v) is 42.3. The summed E-state index contributed by atoms with van der Waals surface area (Å²) in [4.78, 5) is 83.9. The number of aryl methyl sites for hydroxylation is 1. The number of hydrogen-bond donors (Lipinski definition) is 6. The number of unbranched alkanes of at least 4 members (excludes halogenated alkanes) is 7. The number of nitrogens with zero attached hydrogens (tertiary/aromatic N) is 4. The third-order valence-electron chi connectivity index (χ3n) is 13.6. The Labute approximate surface area is 416 Å². The van der Waals surface area contributed by atoms with E-state index in [-0.39, 0.29) is 49.0 Å². The molecule has 374 valence electrons. The fourth-order valence-electron chi connectivity index (χ4n) is 9.40. The molecule has 5 amide bonds. The molecule has 7 rings (SSSR count). The molecule has 2 fully saturated rings. The maximum Gasteiger partial charge on any atom is 0.255 e. The molecule has 2 aromatic heterocycles. The number of thiazole rings is 1. The Balaban J connectivity index is 0.740. The molecule has 0 radical (unpaired) electrons. The number of fused-ring (bicyclic) bond motifs is 1. The Morgan fingerprint density at radius 2 is 1.56 bits per heavy atom. The van der Waals surface area contributed by atoms with Crippen LogP contribution in [0, 0.1) is 12.3 Å². The number of aliphatic hydroxyl groups excluding tert-OH is 1. The van der Waals surface area contributed by atoms with Crippen molar-refractivity contribution >= 4 is 57.6 Å². The number of carbonyl (C=O) groups is 5. The van der Waals surface area contributed by atoms with Crippen molar-refractivity contribution in [1.29, 1.82) is 0 Å². The van der Waals surface area contributed by atoms with Gasteiger partial charge in [0.15, 0.2) is 0 Å². The fraction of sp³-hybridized carbons (Fsp3) is 0.500. The minimum absolute atomic E-state index is 0.0283. The van der Waals surface area contributed by atoms with Gasteiger partial charge in [-0.25, -0.2) is 9.97 Å². The molecule has 0 unspecified atom stereocenters. The van der Waals surface area contributed by atoms with Crippen molar-refractivity contribution in [3.8, 4) is 10.4 Å². The van der Waals surface area contributed by atoms with E-state index in [0.29, 0.717) is 42.2 Å². The highest BCUT2D eigenvalue weighted by atomic mass is 32.1. The summed E-state index contributed by atoms with van der Waals surface area (Å²) in [5, 5.41) is 22.4. The normalized spacial score (nSPS) is 17.7. The molecular weight excluding hydrogens is 903 g/mol. The zero-order chi connectivity index (χ0) is 49.8. The van der Waals surface area contributed by atoms with E-state index < -0.39 is 23.6 Å². The summed E-state index contributed by atoms with van der Waals surface area (Å²) in [6.07, 6.45) is 9.63. The number of likely N-dealkylation sites (tertiary alicyclic amines) is 2. The van der Waals surface area contributed by atoms with E-state index >= 15 is 0 Å². The van der Waals surface area contributed by atoms with Crippen molar-refractivity contribution < 1.29 is 29.1 Å². The standard InChI is InChI=1S/C54H71N9O6S/c1-35-15-14-28-62(35)33-46-59-43-26-25-41(29-44(43)60-46)58-51(67)40-23-21-39(22-24-40)50(66)55-27-13-11-9-7-6-8-10-12-16-47(65)61-49(54(3,4)5)53(69)63-32-42(64)30-45(63)52(68)56-31-37-17-19-38(20-18-37)48-36(2)57-34-70-48/h17-26,29,34-35,42,45,49,64H,6-16,27-28,30-33H2,1-5H3,(H,55,66)(H,56,68)(H,58,67)(H,59,60)(H,61,65)/t35-,42+,45-,49+/m0/s1. The first-order valence-electron chi connectivity index (χ1n) is 25.1. The minimum Gasteiger partial charge on any atom is -0.391 e. The highest BCUT2D eigenvalue weighted by Gasteiger charge is 2.44. The summed E-state index contributed by atoms with van der Waals surface area (Å²) in [5.74, 6) is -0.410. The molecule has 2 aliphatic rings. The van der Waals surface area contributed by atoms with Crippen molar-refractivity contribution in [3.05, 3.63) is 100 Å². The third kappa shape index (κ3) is 14.1.